The maximum Gasteiger partial charge on any atom is 0.343 e. The van der Waals surface area contributed by atoms with E-state index in [0.29, 0.717) is 0 Å². The van der Waals surface area contributed by atoms with Crippen LogP contribution in [0.25, 0.3) is 0 Å². The van der Waals surface area contributed by atoms with Crippen LogP contribution in [0.3, 0.4) is 0 Å². The normalized spacial score (nSPS) is 17.2. The van der Waals surface area contributed by atoms with Crippen LogP contribution in [-0.2, 0) is 9.59 Å². The van der Waals surface area contributed by atoms with E-state index in [0.717, 1.165) is 19.3 Å². The van der Waals surface area contributed by atoms with E-state index in [1.54, 1.807) is 0 Å². The number of hydrogen-bond donors (Lipinski definition) is 1. The molecule has 0 aromatic carbocycles. The fraction of sp³-hybridized carbons (Fsp3) is 0.571. The van der Waals surface area contributed by atoms with Gasteiger partial charge in [0.1, 0.15) is 11.5 Å². The van der Waals surface area contributed by atoms with Crippen LogP contribution in [0.5, 0.6) is 0 Å². The van der Waals surface area contributed by atoms with Crippen molar-refractivity contribution in [2.45, 2.75) is 19.3 Å². The molecule has 0 radical (unpaired) electrons. The zero-order valence-electron chi connectivity index (χ0n) is 5.46. The van der Waals surface area contributed by atoms with Crippen LogP contribution in [0, 0.1) is 5.92 Å². The summed E-state index contributed by atoms with van der Waals surface area (Å²) in [7, 11) is 0. The molecule has 0 saturated heterocycles. The number of carbonyl (C=O) groups is 1. The maximum absolute atomic E-state index is 10.3. The van der Waals surface area contributed by atoms with Crippen LogP contribution in [-0.4, -0.2) is 17.0 Å². The number of hydrogen-bond acceptors (Lipinski definition) is 2. The van der Waals surface area contributed by atoms with Crippen molar-refractivity contribution in [3.8, 4) is 0 Å². The highest BCUT2D eigenvalue weighted by atomic mass is 16.4. The third-order valence-corrected chi connectivity index (χ3v) is 1.85. The number of aliphatic carboxylic acids is 1. The van der Waals surface area contributed by atoms with Crippen molar-refractivity contribution in [2.24, 2.45) is 5.92 Å². The summed E-state index contributed by atoms with van der Waals surface area (Å²) in [6.07, 6.45) is 2.69. The van der Waals surface area contributed by atoms with Crippen molar-refractivity contribution < 1.29 is 14.7 Å². The summed E-state index contributed by atoms with van der Waals surface area (Å²) in [4.78, 5) is 20.3. The van der Waals surface area contributed by atoms with E-state index in [4.69, 9.17) is 5.11 Å². The highest BCUT2D eigenvalue weighted by molar-refractivity contribution is 5.96. The number of carboxylic acid groups (broad SMARTS) is 1. The molecule has 0 amide bonds. The zero-order valence-corrected chi connectivity index (χ0v) is 5.46. The Hall–Kier alpha value is -1.08. The molecule has 1 N–H and O–H groups in total. The third-order valence-electron chi connectivity index (χ3n) is 1.85. The van der Waals surface area contributed by atoms with Crippen LogP contribution >= 0.6 is 0 Å². The molecule has 0 aromatic rings. The van der Waals surface area contributed by atoms with E-state index < -0.39 is 5.97 Å². The van der Waals surface area contributed by atoms with Gasteiger partial charge in [0, 0.05) is 5.92 Å². The van der Waals surface area contributed by atoms with E-state index in [9.17, 15) is 9.59 Å². The van der Waals surface area contributed by atoms with Crippen LogP contribution in [0.1, 0.15) is 19.3 Å². The molecule has 10 heavy (non-hydrogen) atoms. The lowest BCUT2D eigenvalue weighted by atomic mass is 9.80. The quantitative estimate of drug-likeness (QED) is 0.452. The van der Waals surface area contributed by atoms with Crippen LogP contribution in [0.2, 0.25) is 0 Å². The molecule has 3 heteroatoms. The van der Waals surface area contributed by atoms with Crippen molar-refractivity contribution in [3.05, 3.63) is 5.57 Å². The molecule has 1 aliphatic rings. The second kappa shape index (κ2) is 2.67. The molecular formula is C7H8O3. The van der Waals surface area contributed by atoms with Gasteiger partial charge in [0.15, 0.2) is 0 Å². The molecule has 1 aliphatic carbocycles. The Bertz CT molecular complexity index is 197. The molecule has 0 heterocycles. The monoisotopic (exact) mass is 140 g/mol. The summed E-state index contributed by atoms with van der Waals surface area (Å²) in [5.74, 6) is 0.341. The average Bonchev–Trinajstić information content (AvgIpc) is 1.76. The first-order chi connectivity index (χ1) is 4.75. The lowest BCUT2D eigenvalue weighted by Crippen LogP contribution is -2.19. The topological polar surface area (TPSA) is 54.4 Å². The third kappa shape index (κ3) is 1.09. The first-order valence-corrected chi connectivity index (χ1v) is 3.24. The van der Waals surface area contributed by atoms with E-state index in [1.165, 1.54) is 5.94 Å². The number of carboxylic acids is 1. The summed E-state index contributed by atoms with van der Waals surface area (Å²) >= 11 is 0. The van der Waals surface area contributed by atoms with Crippen LogP contribution in [0.4, 0.5) is 0 Å². The molecule has 0 unspecified atom stereocenters. The van der Waals surface area contributed by atoms with Gasteiger partial charge in [0.2, 0.25) is 0 Å². The molecule has 0 aliphatic heterocycles. The SMILES string of the molecule is O=C=C(C(=O)O)C1CCC1. The standard InChI is InChI=1S/C7H8O3/c8-4-6(7(9)10)5-2-1-3-5/h5H,1-3H2,(H,9,10). The largest absolute Gasteiger partial charge is 0.477 e. The predicted molar refractivity (Wildman–Crippen MR) is 34.2 cm³/mol. The van der Waals surface area contributed by atoms with Gasteiger partial charge >= 0.3 is 5.97 Å². The molecule has 0 bridgehead atoms. The maximum atomic E-state index is 10.3. The van der Waals surface area contributed by atoms with Gasteiger partial charge in [-0.3, -0.25) is 0 Å². The molecule has 1 saturated carbocycles. The van der Waals surface area contributed by atoms with Crippen molar-refractivity contribution >= 4 is 11.9 Å². The molecule has 3 nitrogen and oxygen atoms in total. The van der Waals surface area contributed by atoms with E-state index in [1.807, 2.05) is 0 Å². The Kier molecular flexibility index (Phi) is 1.88. The number of rotatable bonds is 2. The fourth-order valence-electron chi connectivity index (χ4n) is 0.999. The van der Waals surface area contributed by atoms with Gasteiger partial charge in [0.05, 0.1) is 0 Å². The average molecular weight is 140 g/mol. The zero-order chi connectivity index (χ0) is 7.56. The second-order valence-corrected chi connectivity index (χ2v) is 2.45. The second-order valence-electron chi connectivity index (χ2n) is 2.45. The Morgan fingerprint density at radius 2 is 2.10 bits per heavy atom. The van der Waals surface area contributed by atoms with Crippen LogP contribution in [0.15, 0.2) is 5.57 Å². The Morgan fingerprint density at radius 3 is 2.20 bits per heavy atom. The van der Waals surface area contributed by atoms with Gasteiger partial charge < -0.3 is 5.11 Å². The minimum Gasteiger partial charge on any atom is -0.477 e. The van der Waals surface area contributed by atoms with E-state index >= 15 is 0 Å². The summed E-state index contributed by atoms with van der Waals surface area (Å²) < 4.78 is 0. The van der Waals surface area contributed by atoms with Gasteiger partial charge in [-0.2, -0.15) is 0 Å². The molecular weight excluding hydrogens is 132 g/mol. The van der Waals surface area contributed by atoms with Crippen molar-refractivity contribution in [1.82, 2.24) is 0 Å². The van der Waals surface area contributed by atoms with Gasteiger partial charge in [-0.1, -0.05) is 6.42 Å². The summed E-state index contributed by atoms with van der Waals surface area (Å²) in [5, 5.41) is 8.41. The number of carbonyl (C=O) groups excluding carboxylic acids is 1. The molecule has 0 atom stereocenters. The minimum absolute atomic E-state index is 0.0185. The Morgan fingerprint density at radius 1 is 1.50 bits per heavy atom. The van der Waals surface area contributed by atoms with Gasteiger partial charge in [-0.15, -0.1) is 0 Å². The molecule has 1 fully saturated rings. The summed E-state index contributed by atoms with van der Waals surface area (Å²) in [6, 6.07) is 0. The highest BCUT2D eigenvalue weighted by Crippen LogP contribution is 2.31. The predicted octanol–water partition coefficient (Wildman–Crippen LogP) is 0.629. The smallest absolute Gasteiger partial charge is 0.343 e. The molecule has 0 aromatic heterocycles. The highest BCUT2D eigenvalue weighted by Gasteiger charge is 2.27. The van der Waals surface area contributed by atoms with Gasteiger partial charge in [-0.05, 0) is 12.8 Å². The first kappa shape index (κ1) is 7.03. The van der Waals surface area contributed by atoms with E-state index in [-0.39, 0.29) is 11.5 Å². The lowest BCUT2D eigenvalue weighted by Gasteiger charge is -2.23. The molecule has 0 spiro atoms. The van der Waals surface area contributed by atoms with Gasteiger partial charge in [-0.25, -0.2) is 9.59 Å². The Labute approximate surface area is 58.4 Å². The Balaban J connectivity index is 2.66. The van der Waals surface area contributed by atoms with Crippen molar-refractivity contribution in [2.75, 3.05) is 0 Å². The summed E-state index contributed by atoms with van der Waals surface area (Å²) in [6.45, 7) is 0. The molecule has 54 valence electrons. The van der Waals surface area contributed by atoms with Crippen LogP contribution < -0.4 is 0 Å². The van der Waals surface area contributed by atoms with E-state index in [2.05, 4.69) is 0 Å². The first-order valence-electron chi connectivity index (χ1n) is 3.24. The van der Waals surface area contributed by atoms with Gasteiger partial charge in [0.25, 0.3) is 0 Å². The van der Waals surface area contributed by atoms with Crippen molar-refractivity contribution in [3.63, 3.8) is 0 Å². The fourth-order valence-corrected chi connectivity index (χ4v) is 0.999. The lowest BCUT2D eigenvalue weighted by molar-refractivity contribution is -0.133. The minimum atomic E-state index is -1.11. The summed E-state index contributed by atoms with van der Waals surface area (Å²) in [5.41, 5.74) is -0.0775. The van der Waals surface area contributed by atoms with Crippen molar-refractivity contribution in [1.29, 1.82) is 0 Å². The molecule has 1 rings (SSSR count).